The van der Waals surface area contributed by atoms with Gasteiger partial charge in [-0.1, -0.05) is 29.5 Å². The smallest absolute Gasteiger partial charge is 0.338 e. The van der Waals surface area contributed by atoms with Crippen LogP contribution in [0, 0.1) is 0 Å². The highest BCUT2D eigenvalue weighted by Crippen LogP contribution is 2.32. The summed E-state index contributed by atoms with van der Waals surface area (Å²) in [5.41, 5.74) is 1.88. The molecule has 0 aliphatic carbocycles. The minimum atomic E-state index is -0.708. The summed E-state index contributed by atoms with van der Waals surface area (Å²) in [6.07, 6.45) is 1.70. The van der Waals surface area contributed by atoms with E-state index in [0.29, 0.717) is 37.7 Å². The Morgan fingerprint density at radius 3 is 2.56 bits per heavy atom. The van der Waals surface area contributed by atoms with Crippen molar-refractivity contribution in [2.75, 3.05) is 13.7 Å². The summed E-state index contributed by atoms with van der Waals surface area (Å²) in [5.74, 6) is 0.494. The first-order chi connectivity index (χ1) is 17.2. The molecule has 0 spiro atoms. The van der Waals surface area contributed by atoms with Gasteiger partial charge in [0.2, 0.25) is 0 Å². The second kappa shape index (κ2) is 10.4. The first kappa shape index (κ1) is 25.2. The fraction of sp³-hybridized carbons (Fsp3) is 0.296. The van der Waals surface area contributed by atoms with Crippen LogP contribution in [0.4, 0.5) is 0 Å². The molecule has 1 aliphatic rings. The molecule has 9 heteroatoms. The lowest BCUT2D eigenvalue weighted by Gasteiger charge is -2.25. The molecule has 2 heterocycles. The molecule has 0 fully saturated rings. The Morgan fingerprint density at radius 1 is 1.22 bits per heavy atom. The Morgan fingerprint density at radius 2 is 1.94 bits per heavy atom. The Kier molecular flexibility index (Phi) is 7.30. The lowest BCUT2D eigenvalue weighted by Crippen LogP contribution is -2.39. The van der Waals surface area contributed by atoms with Gasteiger partial charge in [-0.05, 0) is 69.2 Å². The van der Waals surface area contributed by atoms with Crippen LogP contribution in [-0.2, 0) is 9.53 Å². The van der Waals surface area contributed by atoms with Crippen molar-refractivity contribution in [3.05, 3.63) is 84.5 Å². The average Bonchev–Trinajstić information content (AvgIpc) is 3.13. The largest absolute Gasteiger partial charge is 0.504 e. The maximum Gasteiger partial charge on any atom is 0.338 e. The van der Waals surface area contributed by atoms with Gasteiger partial charge in [-0.2, -0.15) is 0 Å². The molecule has 0 unspecified atom stereocenters. The van der Waals surface area contributed by atoms with Crippen LogP contribution in [0.1, 0.15) is 44.9 Å². The van der Waals surface area contributed by atoms with Gasteiger partial charge in [0, 0.05) is 0 Å². The number of aromatic nitrogens is 1. The standard InChI is InChI=1S/C27H28N2O6S/c1-6-34-26(32)23-16(4)28-27-29(24(23)18-8-10-19(11-9-18)35-15(2)3)25(31)22(36-27)14-17-7-12-21(33-5)20(30)13-17/h7-15,24,30H,6H2,1-5H3/b22-14+/t24-/m0/s1. The van der Waals surface area contributed by atoms with Gasteiger partial charge in [0.15, 0.2) is 16.3 Å². The fourth-order valence-corrected chi connectivity index (χ4v) is 5.10. The summed E-state index contributed by atoms with van der Waals surface area (Å²) in [4.78, 5) is 31.7. The molecule has 188 valence electrons. The molecule has 1 aromatic heterocycles. The molecule has 1 N–H and O–H groups in total. The van der Waals surface area contributed by atoms with Gasteiger partial charge < -0.3 is 19.3 Å². The molecule has 1 atom stereocenters. The highest BCUT2D eigenvalue weighted by molar-refractivity contribution is 7.07. The zero-order chi connectivity index (χ0) is 26.0. The molecule has 8 nitrogen and oxygen atoms in total. The summed E-state index contributed by atoms with van der Waals surface area (Å²) in [6.45, 7) is 7.57. The van der Waals surface area contributed by atoms with Gasteiger partial charge in [0.1, 0.15) is 5.75 Å². The number of phenols is 1. The van der Waals surface area contributed by atoms with Crippen LogP contribution in [0.25, 0.3) is 6.08 Å². The normalized spacial score (nSPS) is 15.5. The number of carbonyl (C=O) groups excluding carboxylic acids is 1. The number of hydrogen-bond acceptors (Lipinski definition) is 8. The quantitative estimate of drug-likeness (QED) is 0.492. The zero-order valence-corrected chi connectivity index (χ0v) is 21.6. The van der Waals surface area contributed by atoms with Crippen LogP contribution in [-0.4, -0.2) is 35.5 Å². The van der Waals surface area contributed by atoms with E-state index < -0.39 is 12.0 Å². The molecule has 3 aromatic rings. The van der Waals surface area contributed by atoms with Crippen LogP contribution in [0.15, 0.2) is 63.5 Å². The maximum absolute atomic E-state index is 13.7. The van der Waals surface area contributed by atoms with Crippen molar-refractivity contribution in [2.24, 2.45) is 4.99 Å². The van der Waals surface area contributed by atoms with Gasteiger partial charge in [-0.25, -0.2) is 9.79 Å². The number of allylic oxidation sites excluding steroid dienone is 1. The van der Waals surface area contributed by atoms with Crippen molar-refractivity contribution in [3.63, 3.8) is 0 Å². The minimum Gasteiger partial charge on any atom is -0.504 e. The molecular formula is C27H28N2O6S. The first-order valence-corrected chi connectivity index (χ1v) is 12.4. The predicted octanol–water partition coefficient (Wildman–Crippen LogP) is 3.30. The summed E-state index contributed by atoms with van der Waals surface area (Å²) in [7, 11) is 1.47. The van der Waals surface area contributed by atoms with Crippen molar-refractivity contribution in [2.45, 2.75) is 39.8 Å². The number of benzene rings is 2. The van der Waals surface area contributed by atoms with E-state index in [9.17, 15) is 14.7 Å². The monoisotopic (exact) mass is 508 g/mol. The van der Waals surface area contributed by atoms with E-state index in [2.05, 4.69) is 4.99 Å². The molecule has 4 rings (SSSR count). The van der Waals surface area contributed by atoms with E-state index in [1.54, 1.807) is 32.1 Å². The van der Waals surface area contributed by atoms with Crippen molar-refractivity contribution >= 4 is 23.4 Å². The second-order valence-corrected chi connectivity index (χ2v) is 9.48. The van der Waals surface area contributed by atoms with Crippen LogP contribution < -0.4 is 24.4 Å². The van der Waals surface area contributed by atoms with Crippen LogP contribution in [0.2, 0.25) is 0 Å². The van der Waals surface area contributed by atoms with Crippen molar-refractivity contribution < 1.29 is 24.1 Å². The number of methoxy groups -OCH3 is 1. The van der Waals surface area contributed by atoms with E-state index in [4.69, 9.17) is 14.2 Å². The molecule has 0 amide bonds. The lowest BCUT2D eigenvalue weighted by atomic mass is 9.96. The number of hydrogen-bond donors (Lipinski definition) is 1. The zero-order valence-electron chi connectivity index (χ0n) is 20.8. The summed E-state index contributed by atoms with van der Waals surface area (Å²) < 4.78 is 18.1. The number of carbonyl (C=O) groups is 1. The van der Waals surface area contributed by atoms with Gasteiger partial charge >= 0.3 is 5.97 Å². The van der Waals surface area contributed by atoms with Crippen molar-refractivity contribution in [3.8, 4) is 17.2 Å². The number of phenolic OH excluding ortho intramolecular Hbond substituents is 1. The summed E-state index contributed by atoms with van der Waals surface area (Å²) in [5, 5.41) is 10.1. The van der Waals surface area contributed by atoms with E-state index >= 15 is 0 Å². The predicted molar refractivity (Wildman–Crippen MR) is 137 cm³/mol. The number of esters is 1. The summed E-state index contributed by atoms with van der Waals surface area (Å²) >= 11 is 1.22. The van der Waals surface area contributed by atoms with Gasteiger partial charge in [-0.3, -0.25) is 9.36 Å². The number of aromatic hydroxyl groups is 1. The molecule has 36 heavy (non-hydrogen) atoms. The highest BCUT2D eigenvalue weighted by atomic mass is 32.1. The number of ether oxygens (including phenoxy) is 3. The van der Waals surface area contributed by atoms with E-state index in [1.165, 1.54) is 29.1 Å². The Labute approximate surface area is 212 Å². The van der Waals surface area contributed by atoms with Crippen LogP contribution >= 0.6 is 11.3 Å². The fourth-order valence-electron chi connectivity index (χ4n) is 4.06. The van der Waals surface area contributed by atoms with E-state index in [-0.39, 0.29) is 24.0 Å². The lowest BCUT2D eigenvalue weighted by molar-refractivity contribution is -0.139. The maximum atomic E-state index is 13.7. The number of thiazole rings is 1. The van der Waals surface area contributed by atoms with Crippen LogP contribution in [0.3, 0.4) is 0 Å². The summed E-state index contributed by atoms with van der Waals surface area (Å²) in [6, 6.07) is 11.5. The molecule has 1 aliphatic heterocycles. The highest BCUT2D eigenvalue weighted by Gasteiger charge is 2.33. The molecule has 0 saturated heterocycles. The van der Waals surface area contributed by atoms with Crippen molar-refractivity contribution in [1.29, 1.82) is 0 Å². The third kappa shape index (κ3) is 4.92. The van der Waals surface area contributed by atoms with E-state index in [1.807, 2.05) is 38.1 Å². The number of nitrogens with zero attached hydrogens (tertiary/aromatic N) is 2. The number of rotatable bonds is 7. The molecular weight excluding hydrogens is 480 g/mol. The first-order valence-electron chi connectivity index (χ1n) is 11.6. The minimum absolute atomic E-state index is 0.0168. The SMILES string of the molecule is CCOC(=O)C1=C(C)N=c2s/c(=C/c3ccc(OC)c(O)c3)c(=O)n2[C@H]1c1ccc(OC(C)C)cc1. The van der Waals surface area contributed by atoms with Gasteiger partial charge in [-0.15, -0.1) is 0 Å². The molecule has 0 bridgehead atoms. The van der Waals surface area contributed by atoms with E-state index in [0.717, 1.165) is 5.56 Å². The third-order valence-corrected chi connectivity index (χ3v) is 6.57. The molecule has 0 saturated carbocycles. The topological polar surface area (TPSA) is 99.4 Å². The average molecular weight is 509 g/mol. The Bertz CT molecular complexity index is 1500. The van der Waals surface area contributed by atoms with Gasteiger partial charge in [0.25, 0.3) is 5.56 Å². The van der Waals surface area contributed by atoms with Crippen molar-refractivity contribution in [1.82, 2.24) is 4.57 Å². The van der Waals surface area contributed by atoms with Gasteiger partial charge in [0.05, 0.1) is 41.7 Å². The Balaban J connectivity index is 1.88. The molecule has 2 aromatic carbocycles. The Hall–Kier alpha value is -3.85. The third-order valence-electron chi connectivity index (χ3n) is 5.59. The molecule has 0 radical (unpaired) electrons. The second-order valence-electron chi connectivity index (χ2n) is 8.47. The number of fused-ring (bicyclic) bond motifs is 1. The van der Waals surface area contributed by atoms with Crippen LogP contribution in [0.5, 0.6) is 17.2 Å².